The first-order valence-corrected chi connectivity index (χ1v) is 7.35. The molecule has 0 atom stereocenters. The predicted octanol–water partition coefficient (Wildman–Crippen LogP) is 4.87. The van der Waals surface area contributed by atoms with Crippen LogP contribution in [0.25, 0.3) is 10.4 Å². The monoisotopic (exact) mass is 279 g/mol. The normalized spacial score (nSPS) is 11.2. The summed E-state index contributed by atoms with van der Waals surface area (Å²) >= 11 is 8.00. The van der Waals surface area contributed by atoms with E-state index in [0.29, 0.717) is 6.04 Å². The Hall–Kier alpha value is -0.830. The van der Waals surface area contributed by atoms with Gasteiger partial charge < -0.3 is 5.32 Å². The van der Waals surface area contributed by atoms with Crippen molar-refractivity contribution in [2.75, 3.05) is 0 Å². The van der Waals surface area contributed by atoms with Crippen LogP contribution < -0.4 is 5.32 Å². The lowest BCUT2D eigenvalue weighted by atomic mass is 10.1. The molecule has 1 aromatic carbocycles. The van der Waals surface area contributed by atoms with Crippen LogP contribution in [0.2, 0.25) is 5.02 Å². The molecule has 0 fully saturated rings. The molecular weight excluding hydrogens is 262 g/mol. The second kappa shape index (κ2) is 5.87. The summed E-state index contributed by atoms with van der Waals surface area (Å²) in [6.45, 7) is 7.33. The fraction of sp³-hybridized carbons (Fsp3) is 0.333. The Morgan fingerprint density at radius 2 is 2.00 bits per heavy atom. The minimum atomic E-state index is 0.517. The van der Waals surface area contributed by atoms with Crippen LogP contribution in [0, 0.1) is 6.92 Å². The van der Waals surface area contributed by atoms with Gasteiger partial charge in [0.15, 0.2) is 0 Å². The largest absolute Gasteiger partial charge is 0.310 e. The van der Waals surface area contributed by atoms with Crippen molar-refractivity contribution in [3.05, 3.63) is 45.8 Å². The van der Waals surface area contributed by atoms with E-state index < -0.39 is 0 Å². The van der Waals surface area contributed by atoms with Crippen molar-refractivity contribution < 1.29 is 0 Å². The average molecular weight is 280 g/mol. The van der Waals surface area contributed by atoms with Gasteiger partial charge in [0.1, 0.15) is 0 Å². The SMILES string of the molecule is Cc1c(Cl)cccc1-c1ccc(CNC(C)C)s1. The van der Waals surface area contributed by atoms with E-state index in [2.05, 4.69) is 44.3 Å². The number of rotatable bonds is 4. The number of thiophene rings is 1. The van der Waals surface area contributed by atoms with Crippen LogP contribution >= 0.6 is 22.9 Å². The van der Waals surface area contributed by atoms with E-state index in [1.807, 2.05) is 23.5 Å². The zero-order valence-electron chi connectivity index (χ0n) is 11.0. The molecule has 0 spiro atoms. The van der Waals surface area contributed by atoms with Gasteiger partial charge in [-0.1, -0.05) is 37.6 Å². The summed E-state index contributed by atoms with van der Waals surface area (Å²) in [5.41, 5.74) is 2.40. The fourth-order valence-electron chi connectivity index (χ4n) is 1.80. The first-order valence-electron chi connectivity index (χ1n) is 6.15. The average Bonchev–Trinajstić information content (AvgIpc) is 2.78. The van der Waals surface area contributed by atoms with Crippen LogP contribution in [-0.2, 0) is 6.54 Å². The Bertz CT molecular complexity index is 531. The molecular formula is C15H18ClNS. The van der Waals surface area contributed by atoms with E-state index in [9.17, 15) is 0 Å². The maximum absolute atomic E-state index is 6.17. The van der Waals surface area contributed by atoms with Crippen LogP contribution in [0.15, 0.2) is 30.3 Å². The van der Waals surface area contributed by atoms with E-state index in [1.54, 1.807) is 0 Å². The van der Waals surface area contributed by atoms with Crippen molar-refractivity contribution in [1.82, 2.24) is 5.32 Å². The Morgan fingerprint density at radius 1 is 1.22 bits per heavy atom. The molecule has 1 aromatic heterocycles. The van der Waals surface area contributed by atoms with Crippen LogP contribution in [0.3, 0.4) is 0 Å². The maximum Gasteiger partial charge on any atom is 0.0441 e. The smallest absolute Gasteiger partial charge is 0.0441 e. The van der Waals surface area contributed by atoms with Crippen molar-refractivity contribution >= 4 is 22.9 Å². The lowest BCUT2D eigenvalue weighted by molar-refractivity contribution is 0.593. The fourth-order valence-corrected chi connectivity index (χ4v) is 3.01. The van der Waals surface area contributed by atoms with Crippen LogP contribution in [0.4, 0.5) is 0 Å². The lowest BCUT2D eigenvalue weighted by Gasteiger charge is -2.06. The maximum atomic E-state index is 6.17. The minimum Gasteiger partial charge on any atom is -0.310 e. The summed E-state index contributed by atoms with van der Waals surface area (Å²) < 4.78 is 0. The van der Waals surface area contributed by atoms with E-state index in [0.717, 1.165) is 17.1 Å². The molecule has 0 radical (unpaired) electrons. The van der Waals surface area contributed by atoms with Crippen LogP contribution in [0.5, 0.6) is 0 Å². The topological polar surface area (TPSA) is 12.0 Å². The van der Waals surface area contributed by atoms with Gasteiger partial charge in [-0.2, -0.15) is 0 Å². The predicted molar refractivity (Wildman–Crippen MR) is 81.5 cm³/mol. The van der Waals surface area contributed by atoms with E-state index in [1.165, 1.54) is 15.3 Å². The van der Waals surface area contributed by atoms with Gasteiger partial charge in [0.2, 0.25) is 0 Å². The minimum absolute atomic E-state index is 0.517. The number of hydrogen-bond donors (Lipinski definition) is 1. The third-order valence-electron chi connectivity index (χ3n) is 2.88. The molecule has 18 heavy (non-hydrogen) atoms. The Labute approximate surface area is 118 Å². The van der Waals surface area contributed by atoms with E-state index >= 15 is 0 Å². The van der Waals surface area contributed by atoms with Gasteiger partial charge in [0.25, 0.3) is 0 Å². The molecule has 0 aliphatic rings. The van der Waals surface area contributed by atoms with Crippen LogP contribution in [0.1, 0.15) is 24.3 Å². The van der Waals surface area contributed by atoms with Crippen molar-refractivity contribution in [1.29, 1.82) is 0 Å². The van der Waals surface area contributed by atoms with Gasteiger partial charge in [0.05, 0.1) is 0 Å². The summed E-state index contributed by atoms with van der Waals surface area (Å²) in [5.74, 6) is 0. The van der Waals surface area contributed by atoms with E-state index in [4.69, 9.17) is 11.6 Å². The van der Waals surface area contributed by atoms with Gasteiger partial charge in [-0.05, 0) is 36.2 Å². The molecule has 0 saturated carbocycles. The number of halogens is 1. The van der Waals surface area contributed by atoms with E-state index in [-0.39, 0.29) is 0 Å². The highest BCUT2D eigenvalue weighted by Crippen LogP contribution is 2.33. The first-order chi connectivity index (χ1) is 8.58. The lowest BCUT2D eigenvalue weighted by Crippen LogP contribution is -2.21. The first kappa shape index (κ1) is 13.6. The summed E-state index contributed by atoms with van der Waals surface area (Å²) in [6.07, 6.45) is 0. The van der Waals surface area contributed by atoms with Crippen molar-refractivity contribution in [2.24, 2.45) is 0 Å². The summed E-state index contributed by atoms with van der Waals surface area (Å²) in [5, 5.41) is 4.27. The molecule has 0 bridgehead atoms. The standard InChI is InChI=1S/C15H18ClNS/c1-10(2)17-9-12-7-8-15(18-12)13-5-4-6-14(16)11(13)3/h4-8,10,17H,9H2,1-3H3. The van der Waals surface area contributed by atoms with Gasteiger partial charge in [-0.25, -0.2) is 0 Å². The number of benzene rings is 1. The second-order valence-corrected chi connectivity index (χ2v) is 6.29. The third kappa shape index (κ3) is 3.14. The molecule has 0 aliphatic heterocycles. The molecule has 2 rings (SSSR count). The molecule has 0 saturated heterocycles. The van der Waals surface area contributed by atoms with Gasteiger partial charge in [-0.3, -0.25) is 0 Å². The third-order valence-corrected chi connectivity index (χ3v) is 4.41. The quantitative estimate of drug-likeness (QED) is 0.841. The van der Waals surface area contributed by atoms with Gasteiger partial charge >= 0.3 is 0 Å². The number of nitrogens with one attached hydrogen (secondary N) is 1. The molecule has 1 nitrogen and oxygen atoms in total. The highest BCUT2D eigenvalue weighted by atomic mass is 35.5. The van der Waals surface area contributed by atoms with Crippen molar-refractivity contribution in [3.8, 4) is 10.4 Å². The highest BCUT2D eigenvalue weighted by molar-refractivity contribution is 7.15. The summed E-state index contributed by atoms with van der Waals surface area (Å²) in [4.78, 5) is 2.65. The van der Waals surface area contributed by atoms with Crippen molar-refractivity contribution in [2.45, 2.75) is 33.4 Å². The molecule has 0 aliphatic carbocycles. The molecule has 96 valence electrons. The Kier molecular flexibility index (Phi) is 4.44. The summed E-state index contributed by atoms with van der Waals surface area (Å²) in [6, 6.07) is 11.0. The Morgan fingerprint density at radius 3 is 2.72 bits per heavy atom. The number of hydrogen-bond acceptors (Lipinski definition) is 2. The van der Waals surface area contributed by atoms with Gasteiger partial charge in [-0.15, -0.1) is 11.3 Å². The molecule has 1 N–H and O–H groups in total. The Balaban J connectivity index is 2.21. The van der Waals surface area contributed by atoms with Gasteiger partial charge in [0, 0.05) is 27.4 Å². The zero-order chi connectivity index (χ0) is 13.1. The molecule has 2 aromatic rings. The van der Waals surface area contributed by atoms with Crippen LogP contribution in [-0.4, -0.2) is 6.04 Å². The molecule has 0 unspecified atom stereocenters. The zero-order valence-corrected chi connectivity index (χ0v) is 12.5. The summed E-state index contributed by atoms with van der Waals surface area (Å²) in [7, 11) is 0. The van der Waals surface area contributed by atoms with Crippen molar-refractivity contribution in [3.63, 3.8) is 0 Å². The molecule has 0 amide bonds. The molecule has 1 heterocycles. The highest BCUT2D eigenvalue weighted by Gasteiger charge is 2.07. The second-order valence-electron chi connectivity index (χ2n) is 4.71. The molecule has 3 heteroatoms.